The molecular formula is C33H34N4O5S. The van der Waals surface area contributed by atoms with Crippen LogP contribution in [0, 0.1) is 0 Å². The number of benzene rings is 2. The van der Waals surface area contributed by atoms with E-state index in [0.29, 0.717) is 30.3 Å². The Hall–Kier alpha value is -4.44. The van der Waals surface area contributed by atoms with Crippen LogP contribution in [0.4, 0.5) is 16.2 Å². The molecule has 0 radical (unpaired) electrons. The topological polar surface area (TPSA) is 87.5 Å². The molecule has 0 saturated carbocycles. The van der Waals surface area contributed by atoms with Crippen LogP contribution in [0.25, 0.3) is 5.00 Å². The number of carbonyl (C=O) groups is 2. The molecule has 222 valence electrons. The molecule has 0 saturated heterocycles. The Balaban J connectivity index is 1.43. The van der Waals surface area contributed by atoms with Gasteiger partial charge in [0.05, 0.1) is 33.0 Å². The van der Waals surface area contributed by atoms with Gasteiger partial charge in [-0.1, -0.05) is 6.07 Å². The molecule has 3 aliphatic rings. The highest BCUT2D eigenvalue weighted by molar-refractivity contribution is 7.15. The van der Waals surface area contributed by atoms with E-state index in [9.17, 15) is 14.7 Å². The number of methoxy groups -OCH3 is 2. The molecule has 1 atom stereocenters. The number of likely N-dealkylation sites (N-methyl/N-ethyl adjacent to an activating group) is 1. The van der Waals surface area contributed by atoms with Crippen LogP contribution in [0.3, 0.4) is 0 Å². The standard InChI is InChI=1S/C33H34N4O5S/c1-34(19-30(38)39)21-10-12-23-20(15-21)17-36(22-11-13-27(41-2)28(16-22)42-3)33(40)37-18-25-24-7-4-5-9-29(24)43-32(25)35-14-6-8-26(35)31(23)37/h6,8,10-16,31H,4-5,7,9,17-19H2,1-3H3,(H,38,39). The third kappa shape index (κ3) is 4.52. The fourth-order valence-electron chi connectivity index (χ4n) is 6.82. The van der Waals surface area contributed by atoms with Crippen molar-refractivity contribution in [2.75, 3.05) is 37.6 Å². The summed E-state index contributed by atoms with van der Waals surface area (Å²) < 4.78 is 13.4. The van der Waals surface area contributed by atoms with Gasteiger partial charge in [-0.3, -0.25) is 9.69 Å². The minimum atomic E-state index is -0.901. The zero-order valence-electron chi connectivity index (χ0n) is 24.5. The Labute approximate surface area is 254 Å². The number of nitrogens with zero attached hydrogens (tertiary/aromatic N) is 4. The molecule has 2 aromatic heterocycles. The monoisotopic (exact) mass is 598 g/mol. The number of aliphatic carboxylic acids is 1. The minimum Gasteiger partial charge on any atom is -0.493 e. The number of ether oxygens (including phenoxy) is 2. The van der Waals surface area contributed by atoms with Gasteiger partial charge in [0.15, 0.2) is 11.5 Å². The first-order valence-corrected chi connectivity index (χ1v) is 15.4. The zero-order valence-corrected chi connectivity index (χ0v) is 25.3. The van der Waals surface area contributed by atoms with Crippen LogP contribution in [-0.2, 0) is 30.7 Å². The van der Waals surface area contributed by atoms with Crippen LogP contribution in [0.1, 0.15) is 51.7 Å². The number of thiophene rings is 1. The quantitative estimate of drug-likeness (QED) is 0.293. The van der Waals surface area contributed by atoms with Crippen molar-refractivity contribution in [1.82, 2.24) is 9.47 Å². The average molecular weight is 599 g/mol. The fourth-order valence-corrected chi connectivity index (χ4v) is 8.22. The van der Waals surface area contributed by atoms with E-state index < -0.39 is 5.97 Å². The average Bonchev–Trinajstić information content (AvgIpc) is 3.57. The summed E-state index contributed by atoms with van der Waals surface area (Å²) in [6.45, 7) is 0.706. The summed E-state index contributed by atoms with van der Waals surface area (Å²) in [4.78, 5) is 33.3. The molecule has 10 heteroatoms. The molecule has 2 aromatic carbocycles. The van der Waals surface area contributed by atoms with Gasteiger partial charge in [-0.2, -0.15) is 0 Å². The highest BCUT2D eigenvalue weighted by atomic mass is 32.1. The van der Waals surface area contributed by atoms with Crippen LogP contribution in [0.15, 0.2) is 54.7 Å². The predicted molar refractivity (Wildman–Crippen MR) is 166 cm³/mol. The maximum atomic E-state index is 14.8. The van der Waals surface area contributed by atoms with Crippen LogP contribution in [0.5, 0.6) is 11.5 Å². The van der Waals surface area contributed by atoms with E-state index in [1.807, 2.05) is 46.6 Å². The van der Waals surface area contributed by atoms with Gasteiger partial charge < -0.3 is 28.9 Å². The van der Waals surface area contributed by atoms with Gasteiger partial charge in [0, 0.05) is 41.1 Å². The van der Waals surface area contributed by atoms with E-state index in [2.05, 4.69) is 29.0 Å². The molecule has 2 aliphatic heterocycles. The summed E-state index contributed by atoms with van der Waals surface area (Å²) in [6, 6.07) is 15.4. The van der Waals surface area contributed by atoms with Crippen molar-refractivity contribution in [1.29, 1.82) is 0 Å². The molecule has 1 N–H and O–H groups in total. The Morgan fingerprint density at radius 3 is 2.63 bits per heavy atom. The first-order valence-electron chi connectivity index (χ1n) is 14.5. The Bertz CT molecular complexity index is 1740. The molecule has 2 amide bonds. The normalized spacial score (nSPS) is 17.1. The fraction of sp³-hybridized carbons (Fsp3) is 0.333. The molecule has 0 fully saturated rings. The van der Waals surface area contributed by atoms with E-state index in [4.69, 9.17) is 9.47 Å². The van der Waals surface area contributed by atoms with E-state index >= 15 is 0 Å². The van der Waals surface area contributed by atoms with Gasteiger partial charge in [0.1, 0.15) is 17.6 Å². The van der Waals surface area contributed by atoms with Crippen LogP contribution < -0.4 is 19.3 Å². The van der Waals surface area contributed by atoms with Gasteiger partial charge in [0.2, 0.25) is 0 Å². The molecule has 0 spiro atoms. The van der Waals surface area contributed by atoms with Crippen molar-refractivity contribution in [2.24, 2.45) is 0 Å². The molecule has 7 rings (SSSR count). The number of hydrogen-bond acceptors (Lipinski definition) is 6. The number of anilines is 2. The summed E-state index contributed by atoms with van der Waals surface area (Å²) >= 11 is 1.87. The minimum absolute atomic E-state index is 0.0924. The number of fused-ring (bicyclic) bond motifs is 9. The van der Waals surface area contributed by atoms with Gasteiger partial charge >= 0.3 is 12.0 Å². The number of carbonyl (C=O) groups excluding carboxylic acids is 1. The Morgan fingerprint density at radius 2 is 1.84 bits per heavy atom. The largest absolute Gasteiger partial charge is 0.493 e. The highest BCUT2D eigenvalue weighted by Crippen LogP contribution is 2.47. The van der Waals surface area contributed by atoms with Crippen molar-refractivity contribution in [3.8, 4) is 16.5 Å². The molecule has 0 bridgehead atoms. The lowest BCUT2D eigenvalue weighted by molar-refractivity contribution is -0.135. The third-order valence-electron chi connectivity index (χ3n) is 8.90. The number of amides is 2. The summed E-state index contributed by atoms with van der Waals surface area (Å²) in [5.74, 6) is 0.232. The van der Waals surface area contributed by atoms with Crippen molar-refractivity contribution in [2.45, 2.75) is 44.8 Å². The van der Waals surface area contributed by atoms with Gasteiger partial charge in [-0.15, -0.1) is 11.3 Å². The molecule has 4 aromatic rings. The highest BCUT2D eigenvalue weighted by Gasteiger charge is 2.41. The summed E-state index contributed by atoms with van der Waals surface area (Å²) in [5.41, 5.74) is 7.19. The third-order valence-corrected chi connectivity index (χ3v) is 10.2. The second-order valence-corrected chi connectivity index (χ2v) is 12.5. The first-order chi connectivity index (χ1) is 20.9. The van der Waals surface area contributed by atoms with Crippen LogP contribution >= 0.6 is 11.3 Å². The number of carboxylic acid groups (broad SMARTS) is 1. The summed E-state index contributed by atoms with van der Waals surface area (Å²) in [7, 11) is 4.95. The van der Waals surface area contributed by atoms with E-state index in [1.165, 1.54) is 33.8 Å². The number of urea groups is 1. The number of aromatic nitrogens is 1. The number of rotatable bonds is 6. The smallest absolute Gasteiger partial charge is 0.325 e. The molecule has 4 heterocycles. The lowest BCUT2D eigenvalue weighted by Crippen LogP contribution is -2.42. The van der Waals surface area contributed by atoms with E-state index in [1.54, 1.807) is 31.1 Å². The van der Waals surface area contributed by atoms with Gasteiger partial charge in [-0.05, 0) is 78.8 Å². The maximum Gasteiger partial charge on any atom is 0.325 e. The molecule has 9 nitrogen and oxygen atoms in total. The Kier molecular flexibility index (Phi) is 6.80. The van der Waals surface area contributed by atoms with Crippen molar-refractivity contribution in [3.63, 3.8) is 0 Å². The lowest BCUT2D eigenvalue weighted by atomic mass is 9.94. The van der Waals surface area contributed by atoms with Crippen LogP contribution in [0.2, 0.25) is 0 Å². The van der Waals surface area contributed by atoms with Crippen molar-refractivity contribution in [3.05, 3.63) is 87.6 Å². The van der Waals surface area contributed by atoms with E-state index in [-0.39, 0.29) is 18.6 Å². The van der Waals surface area contributed by atoms with Crippen molar-refractivity contribution >= 4 is 34.7 Å². The van der Waals surface area contributed by atoms with Gasteiger partial charge in [-0.25, -0.2) is 4.79 Å². The molecular weight excluding hydrogens is 564 g/mol. The predicted octanol–water partition coefficient (Wildman–Crippen LogP) is 6.00. The van der Waals surface area contributed by atoms with Gasteiger partial charge in [0.25, 0.3) is 0 Å². The SMILES string of the molecule is COc1ccc(N2Cc3cc(N(C)CC(=O)O)ccc3C3c4cccn4-c4sc5c(c4CN3C2=O)CCCC5)cc1OC. The van der Waals surface area contributed by atoms with Crippen molar-refractivity contribution < 1.29 is 24.2 Å². The first kappa shape index (κ1) is 27.4. The second kappa shape index (κ2) is 10.7. The molecule has 1 aliphatic carbocycles. The molecule has 1 unspecified atom stereocenters. The van der Waals surface area contributed by atoms with Crippen LogP contribution in [-0.4, -0.2) is 54.4 Å². The summed E-state index contributed by atoms with van der Waals surface area (Å²) in [5, 5.41) is 10.7. The number of hydrogen-bond donors (Lipinski definition) is 1. The lowest BCUT2D eigenvalue weighted by Gasteiger charge is -2.32. The molecule has 43 heavy (non-hydrogen) atoms. The van der Waals surface area contributed by atoms with E-state index in [0.717, 1.165) is 35.3 Å². The second-order valence-electron chi connectivity index (χ2n) is 11.4. The zero-order chi connectivity index (χ0) is 29.8. The Morgan fingerprint density at radius 1 is 1.02 bits per heavy atom. The number of aryl methyl sites for hydroxylation is 1. The maximum absolute atomic E-state index is 14.8. The summed E-state index contributed by atoms with van der Waals surface area (Å²) in [6.07, 6.45) is 6.62. The number of carboxylic acids is 1.